The number of hydrogen-bond donors (Lipinski definition) is 2. The van der Waals surface area contributed by atoms with Crippen LogP contribution in [0.2, 0.25) is 0 Å². The van der Waals surface area contributed by atoms with Crippen LogP contribution in [-0.2, 0) is 0 Å². The smallest absolute Gasteiger partial charge is 0.201 e. The van der Waals surface area contributed by atoms with E-state index in [1.165, 1.54) is 0 Å². The maximum atomic E-state index is 12.8. The number of anilines is 1. The molecule has 0 fully saturated rings. The number of para-hydroxylation sites is 1. The predicted octanol–water partition coefficient (Wildman–Crippen LogP) is 5.28. The highest BCUT2D eigenvalue weighted by atomic mass is 32.1. The molecule has 0 unspecified atom stereocenters. The minimum atomic E-state index is -0.110. The Morgan fingerprint density at radius 3 is 1.67 bits per heavy atom. The summed E-state index contributed by atoms with van der Waals surface area (Å²) in [5.74, 6) is -0.110. The minimum absolute atomic E-state index is 0.110. The van der Waals surface area contributed by atoms with Crippen LogP contribution in [0.3, 0.4) is 0 Å². The van der Waals surface area contributed by atoms with E-state index in [0.29, 0.717) is 16.2 Å². The summed E-state index contributed by atoms with van der Waals surface area (Å²) in [6.07, 6.45) is 0. The number of allylic oxidation sites excluding steroid dienone is 1. The number of hydrogen-bond acceptors (Lipinski definition) is 3. The molecule has 118 valence electrons. The number of carbonyl (C=O) groups is 1. The molecule has 0 atom stereocenters. The van der Waals surface area contributed by atoms with Gasteiger partial charge in [0.1, 0.15) is 0 Å². The summed E-state index contributed by atoms with van der Waals surface area (Å²) >= 11 is 4.54. The van der Waals surface area contributed by atoms with Crippen molar-refractivity contribution < 1.29 is 4.79 Å². The Balaban J connectivity index is 2.04. The Hall–Kier alpha value is -2.78. The second-order valence-corrected chi connectivity index (χ2v) is 5.72. The van der Waals surface area contributed by atoms with Crippen LogP contribution < -0.4 is 5.32 Å². The summed E-state index contributed by atoms with van der Waals surface area (Å²) in [5, 5.41) is 3.33. The van der Waals surface area contributed by atoms with Gasteiger partial charge in [-0.2, -0.15) is 0 Å². The Morgan fingerprint density at radius 2 is 1.12 bits per heavy atom. The zero-order valence-corrected chi connectivity index (χ0v) is 13.9. The fourth-order valence-electron chi connectivity index (χ4n) is 2.38. The highest BCUT2D eigenvalue weighted by Crippen LogP contribution is 2.26. The van der Waals surface area contributed by atoms with Crippen molar-refractivity contribution in [1.29, 1.82) is 0 Å². The van der Waals surface area contributed by atoms with E-state index in [4.69, 9.17) is 0 Å². The van der Waals surface area contributed by atoms with Crippen LogP contribution >= 0.6 is 12.6 Å². The topological polar surface area (TPSA) is 29.1 Å². The fraction of sp³-hybridized carbons (Fsp3) is 0. The third kappa shape index (κ3) is 3.76. The van der Waals surface area contributed by atoms with E-state index >= 15 is 0 Å². The predicted molar refractivity (Wildman–Crippen MR) is 103 cm³/mol. The molecule has 0 amide bonds. The maximum Gasteiger partial charge on any atom is 0.201 e. The molecule has 24 heavy (non-hydrogen) atoms. The van der Waals surface area contributed by atoms with Gasteiger partial charge >= 0.3 is 0 Å². The van der Waals surface area contributed by atoms with Crippen LogP contribution in [0.5, 0.6) is 0 Å². The average molecular weight is 331 g/mol. The molecule has 0 aromatic heterocycles. The first-order valence-corrected chi connectivity index (χ1v) is 8.11. The molecule has 3 aromatic rings. The fourth-order valence-corrected chi connectivity index (χ4v) is 2.69. The third-order valence-electron chi connectivity index (χ3n) is 3.59. The van der Waals surface area contributed by atoms with Gasteiger partial charge in [0, 0.05) is 11.3 Å². The molecular weight excluding hydrogens is 314 g/mol. The Kier molecular flexibility index (Phi) is 5.14. The van der Waals surface area contributed by atoms with E-state index in [0.717, 1.165) is 11.3 Å². The largest absolute Gasteiger partial charge is 0.354 e. The molecule has 0 radical (unpaired) electrons. The first-order chi connectivity index (χ1) is 11.8. The Labute approximate surface area is 147 Å². The summed E-state index contributed by atoms with van der Waals surface area (Å²) in [4.78, 5) is 13.2. The van der Waals surface area contributed by atoms with Crippen molar-refractivity contribution in [3.8, 4) is 0 Å². The number of ketones is 1. The quantitative estimate of drug-likeness (QED) is 0.378. The zero-order chi connectivity index (χ0) is 16.8. The third-order valence-corrected chi connectivity index (χ3v) is 4.02. The van der Waals surface area contributed by atoms with E-state index in [-0.39, 0.29) is 5.78 Å². The lowest BCUT2D eigenvalue weighted by Crippen LogP contribution is -2.07. The van der Waals surface area contributed by atoms with E-state index in [9.17, 15) is 4.79 Å². The number of nitrogens with one attached hydrogen (secondary N) is 1. The zero-order valence-electron chi connectivity index (χ0n) is 13.0. The molecule has 2 nitrogen and oxygen atoms in total. The van der Waals surface area contributed by atoms with Crippen LogP contribution in [0, 0.1) is 0 Å². The van der Waals surface area contributed by atoms with Gasteiger partial charge < -0.3 is 5.32 Å². The monoisotopic (exact) mass is 331 g/mol. The van der Waals surface area contributed by atoms with Gasteiger partial charge in [-0.3, -0.25) is 4.79 Å². The molecule has 0 aliphatic heterocycles. The highest BCUT2D eigenvalue weighted by Gasteiger charge is 2.15. The number of thiol groups is 1. The van der Waals surface area contributed by atoms with Crippen LogP contribution in [-0.4, -0.2) is 5.78 Å². The molecule has 0 saturated carbocycles. The van der Waals surface area contributed by atoms with Crippen molar-refractivity contribution in [2.75, 3.05) is 5.32 Å². The standard InChI is InChI=1S/C21H17NOS/c23-20(17-12-6-2-7-13-17)21(24)19(16-10-4-1-5-11-16)22-18-14-8-3-9-15-18/h1-15,22,24H/b21-19+. The van der Waals surface area contributed by atoms with Gasteiger partial charge in [0.25, 0.3) is 0 Å². The van der Waals surface area contributed by atoms with E-state index < -0.39 is 0 Å². The lowest BCUT2D eigenvalue weighted by atomic mass is 10.1. The number of Topliss-reactive ketones (excluding diaryl/α,β-unsaturated/α-hetero) is 1. The van der Waals surface area contributed by atoms with Gasteiger partial charge in [-0.15, -0.1) is 12.6 Å². The normalized spacial score (nSPS) is 11.5. The minimum Gasteiger partial charge on any atom is -0.354 e. The van der Waals surface area contributed by atoms with Crippen molar-refractivity contribution in [1.82, 2.24) is 0 Å². The molecule has 3 heteroatoms. The summed E-state index contributed by atoms with van der Waals surface area (Å²) in [7, 11) is 0. The van der Waals surface area contributed by atoms with Crippen LogP contribution in [0.15, 0.2) is 95.9 Å². The van der Waals surface area contributed by atoms with Gasteiger partial charge in [0.15, 0.2) is 0 Å². The molecule has 3 rings (SSSR count). The summed E-state index contributed by atoms with van der Waals surface area (Å²) in [6, 6.07) is 28.7. The lowest BCUT2D eigenvalue weighted by molar-refractivity contribution is 0.104. The lowest BCUT2D eigenvalue weighted by Gasteiger charge is -2.14. The van der Waals surface area contributed by atoms with E-state index in [1.54, 1.807) is 12.1 Å². The summed E-state index contributed by atoms with van der Waals surface area (Å²) in [5.41, 5.74) is 3.13. The highest BCUT2D eigenvalue weighted by molar-refractivity contribution is 7.86. The summed E-state index contributed by atoms with van der Waals surface area (Å²) in [6.45, 7) is 0. The van der Waals surface area contributed by atoms with Crippen molar-refractivity contribution in [3.63, 3.8) is 0 Å². The van der Waals surface area contributed by atoms with Gasteiger partial charge in [-0.1, -0.05) is 78.9 Å². The SMILES string of the molecule is O=C(/C(S)=C(\Nc1ccccc1)c1ccccc1)c1ccccc1. The van der Waals surface area contributed by atoms with Crippen molar-refractivity contribution >= 4 is 29.8 Å². The van der Waals surface area contributed by atoms with Crippen LogP contribution in [0.4, 0.5) is 5.69 Å². The second kappa shape index (κ2) is 7.66. The molecule has 0 heterocycles. The maximum absolute atomic E-state index is 12.8. The van der Waals surface area contributed by atoms with Gasteiger partial charge in [-0.05, 0) is 17.7 Å². The number of rotatable bonds is 5. The van der Waals surface area contributed by atoms with Crippen molar-refractivity contribution in [2.24, 2.45) is 0 Å². The first kappa shape index (κ1) is 16.1. The molecule has 0 saturated heterocycles. The number of benzene rings is 3. The summed E-state index contributed by atoms with van der Waals surface area (Å²) < 4.78 is 0. The molecular formula is C21H17NOS. The van der Waals surface area contributed by atoms with Gasteiger partial charge in [0.2, 0.25) is 5.78 Å². The number of carbonyl (C=O) groups excluding carboxylic acids is 1. The Morgan fingerprint density at radius 1 is 0.667 bits per heavy atom. The van der Waals surface area contributed by atoms with Crippen molar-refractivity contribution in [2.45, 2.75) is 0 Å². The average Bonchev–Trinajstić information content (AvgIpc) is 2.67. The van der Waals surface area contributed by atoms with Crippen molar-refractivity contribution in [3.05, 3.63) is 107 Å². The first-order valence-electron chi connectivity index (χ1n) is 7.66. The van der Waals surface area contributed by atoms with Crippen LogP contribution in [0.1, 0.15) is 15.9 Å². The molecule has 0 aliphatic carbocycles. The van der Waals surface area contributed by atoms with E-state index in [2.05, 4.69) is 17.9 Å². The van der Waals surface area contributed by atoms with Crippen LogP contribution in [0.25, 0.3) is 5.70 Å². The molecule has 1 N–H and O–H groups in total. The molecule has 0 aliphatic rings. The second-order valence-electron chi connectivity index (χ2n) is 5.28. The molecule has 0 spiro atoms. The molecule has 3 aromatic carbocycles. The molecule has 0 bridgehead atoms. The van der Waals surface area contributed by atoms with Gasteiger partial charge in [0.05, 0.1) is 10.6 Å². The Bertz CT molecular complexity index is 843. The van der Waals surface area contributed by atoms with E-state index in [1.807, 2.05) is 78.9 Å². The van der Waals surface area contributed by atoms with Gasteiger partial charge in [-0.25, -0.2) is 0 Å².